The van der Waals surface area contributed by atoms with Crippen LogP contribution in [0, 0.1) is 11.6 Å². The summed E-state index contributed by atoms with van der Waals surface area (Å²) in [5, 5.41) is 10.6. The zero-order chi connectivity index (χ0) is 19.5. The monoisotopic (exact) mass is 453 g/mol. The highest BCUT2D eigenvalue weighted by Gasteiger charge is 2.28. The molecule has 2 N–H and O–H groups in total. The molecule has 2 rings (SSSR count). The van der Waals surface area contributed by atoms with Gasteiger partial charge in [0.05, 0.1) is 11.3 Å². The van der Waals surface area contributed by atoms with E-state index in [0.29, 0.717) is 5.33 Å². The van der Waals surface area contributed by atoms with Gasteiger partial charge in [-0.25, -0.2) is 21.9 Å². The van der Waals surface area contributed by atoms with Crippen LogP contribution in [-0.2, 0) is 14.8 Å². The average Bonchev–Trinajstić information content (AvgIpc) is 2.83. The van der Waals surface area contributed by atoms with Crippen LogP contribution in [-0.4, -0.2) is 30.6 Å². The zero-order valence-corrected chi connectivity index (χ0v) is 15.8. The zero-order valence-electron chi connectivity index (χ0n) is 13.4. The van der Waals surface area contributed by atoms with E-state index in [0.717, 1.165) is 25.1 Å². The molecule has 0 radical (unpaired) electrons. The Morgan fingerprint density at radius 1 is 1.38 bits per heavy atom. The highest BCUT2D eigenvalue weighted by Crippen LogP contribution is 2.47. The number of furan rings is 1. The van der Waals surface area contributed by atoms with E-state index in [9.17, 15) is 27.1 Å². The van der Waals surface area contributed by atoms with E-state index in [-0.39, 0.29) is 12.2 Å². The molecule has 2 aromatic rings. The van der Waals surface area contributed by atoms with E-state index >= 15 is 0 Å². The minimum Gasteiger partial charge on any atom is -0.502 e. The minimum absolute atomic E-state index is 0.274. The second-order valence-corrected chi connectivity index (χ2v) is 7.75. The molecule has 0 saturated carbocycles. The van der Waals surface area contributed by atoms with Crippen LogP contribution in [0.1, 0.15) is 13.3 Å². The normalized spacial score (nSPS) is 11.4. The van der Waals surface area contributed by atoms with Gasteiger partial charge in [-0.15, -0.1) is 0 Å². The molecule has 0 spiro atoms. The number of carbonyl (C=O) groups is 1. The van der Waals surface area contributed by atoms with Crippen LogP contribution in [0.25, 0.3) is 11.3 Å². The summed E-state index contributed by atoms with van der Waals surface area (Å²) < 4.78 is 63.3. The van der Waals surface area contributed by atoms with Crippen molar-refractivity contribution in [2.45, 2.75) is 13.3 Å². The molecule has 0 atom stereocenters. The molecule has 26 heavy (non-hydrogen) atoms. The Labute approximate surface area is 156 Å². The summed E-state index contributed by atoms with van der Waals surface area (Å²) in [5.74, 6) is -5.61. The first-order valence-electron chi connectivity index (χ1n) is 7.20. The van der Waals surface area contributed by atoms with Gasteiger partial charge in [0.2, 0.25) is 21.5 Å². The summed E-state index contributed by atoms with van der Waals surface area (Å²) in [5.41, 5.74) is -0.471. The Morgan fingerprint density at radius 2 is 2.08 bits per heavy atom. The van der Waals surface area contributed by atoms with Gasteiger partial charge in [0.1, 0.15) is 11.6 Å². The number of hydrogen-bond acceptors (Lipinski definition) is 6. The standard InChI is InChI=1S/C15H14BrF2NO6S/c1-8(20)24-14-12(21)13(10-7-9(17)3-4-11(10)18)25-15(14)19-26(22,23)6-2-5-16/h3-4,7,19,21H,2,5-6H2,1H3. The van der Waals surface area contributed by atoms with Crippen molar-refractivity contribution < 1.29 is 36.3 Å². The highest BCUT2D eigenvalue weighted by atomic mass is 79.9. The van der Waals surface area contributed by atoms with E-state index in [1.807, 2.05) is 4.72 Å². The van der Waals surface area contributed by atoms with Crippen LogP contribution in [0.15, 0.2) is 22.6 Å². The first-order valence-corrected chi connectivity index (χ1v) is 9.98. The molecule has 11 heteroatoms. The van der Waals surface area contributed by atoms with Crippen molar-refractivity contribution in [1.82, 2.24) is 0 Å². The fourth-order valence-corrected chi connectivity index (χ4v) is 3.70. The average molecular weight is 454 g/mol. The number of ether oxygens (including phenoxy) is 1. The predicted octanol–water partition coefficient (Wildman–Crippen LogP) is 3.38. The van der Waals surface area contributed by atoms with Crippen molar-refractivity contribution in [2.24, 2.45) is 0 Å². The minimum atomic E-state index is -3.90. The predicted molar refractivity (Wildman–Crippen MR) is 92.9 cm³/mol. The molecule has 142 valence electrons. The smallest absolute Gasteiger partial charge is 0.308 e. The van der Waals surface area contributed by atoms with Gasteiger partial charge in [0, 0.05) is 12.3 Å². The topological polar surface area (TPSA) is 106 Å². The van der Waals surface area contributed by atoms with Gasteiger partial charge in [-0.3, -0.25) is 4.79 Å². The Hall–Kier alpha value is -2.14. The summed E-state index contributed by atoms with van der Waals surface area (Å²) in [6.45, 7) is 1.01. The van der Waals surface area contributed by atoms with E-state index in [2.05, 4.69) is 15.9 Å². The van der Waals surface area contributed by atoms with Crippen LogP contribution < -0.4 is 9.46 Å². The molecule has 1 aromatic heterocycles. The van der Waals surface area contributed by atoms with Gasteiger partial charge < -0.3 is 14.3 Å². The number of esters is 1. The lowest BCUT2D eigenvalue weighted by Gasteiger charge is -2.06. The number of sulfonamides is 1. The fraction of sp³-hybridized carbons (Fsp3) is 0.267. The van der Waals surface area contributed by atoms with E-state index in [1.54, 1.807) is 0 Å². The molecule has 1 heterocycles. The number of nitrogens with one attached hydrogen (secondary N) is 1. The first kappa shape index (κ1) is 20.2. The van der Waals surface area contributed by atoms with Crippen LogP contribution in [0.3, 0.4) is 0 Å². The van der Waals surface area contributed by atoms with Crippen LogP contribution in [0.2, 0.25) is 0 Å². The molecule has 7 nitrogen and oxygen atoms in total. The second kappa shape index (κ2) is 8.04. The molecule has 0 fully saturated rings. The van der Waals surface area contributed by atoms with Gasteiger partial charge in [0.25, 0.3) is 5.88 Å². The number of benzene rings is 1. The lowest BCUT2D eigenvalue weighted by atomic mass is 10.1. The van der Waals surface area contributed by atoms with Crippen LogP contribution in [0.4, 0.5) is 14.7 Å². The molecular weight excluding hydrogens is 440 g/mol. The third kappa shape index (κ3) is 4.73. The molecule has 0 saturated heterocycles. The number of anilines is 1. The Bertz CT molecular complexity index is 928. The molecule has 0 bridgehead atoms. The number of carbonyl (C=O) groups excluding carboxylic acids is 1. The molecular formula is C15H14BrF2NO6S. The quantitative estimate of drug-likeness (QED) is 0.491. The number of rotatable bonds is 7. The summed E-state index contributed by atoms with van der Waals surface area (Å²) in [7, 11) is -3.90. The van der Waals surface area contributed by atoms with Crippen molar-refractivity contribution >= 4 is 37.8 Å². The number of hydrogen-bond donors (Lipinski definition) is 2. The van der Waals surface area contributed by atoms with Crippen molar-refractivity contribution in [2.75, 3.05) is 15.8 Å². The molecule has 0 amide bonds. The first-order chi connectivity index (χ1) is 12.1. The van der Waals surface area contributed by atoms with Gasteiger partial charge in [0.15, 0.2) is 5.76 Å². The summed E-state index contributed by atoms with van der Waals surface area (Å²) in [6.07, 6.45) is 0.274. The van der Waals surface area contributed by atoms with Crippen LogP contribution >= 0.6 is 15.9 Å². The maximum atomic E-state index is 14.0. The summed E-state index contributed by atoms with van der Waals surface area (Å²) in [6, 6.07) is 2.40. The number of alkyl halides is 1. The van der Waals surface area contributed by atoms with Gasteiger partial charge >= 0.3 is 5.97 Å². The number of halogens is 3. The van der Waals surface area contributed by atoms with E-state index in [4.69, 9.17) is 9.15 Å². The maximum absolute atomic E-state index is 14.0. The van der Waals surface area contributed by atoms with Gasteiger partial charge in [-0.1, -0.05) is 15.9 Å². The molecule has 0 aliphatic carbocycles. The SMILES string of the molecule is CC(=O)Oc1c(NS(=O)(=O)CCCBr)oc(-c2cc(F)ccc2F)c1O. The Balaban J connectivity index is 2.54. The Morgan fingerprint density at radius 3 is 2.69 bits per heavy atom. The summed E-state index contributed by atoms with van der Waals surface area (Å²) in [4.78, 5) is 11.2. The molecule has 0 unspecified atom stereocenters. The second-order valence-electron chi connectivity index (χ2n) is 5.12. The molecule has 0 aliphatic rings. The van der Waals surface area contributed by atoms with Gasteiger partial charge in [-0.2, -0.15) is 0 Å². The fourth-order valence-electron chi connectivity index (χ4n) is 2.00. The largest absolute Gasteiger partial charge is 0.502 e. The third-order valence-corrected chi connectivity index (χ3v) is 4.94. The molecule has 1 aromatic carbocycles. The van der Waals surface area contributed by atoms with Gasteiger partial charge in [-0.05, 0) is 24.6 Å². The van der Waals surface area contributed by atoms with E-state index in [1.165, 1.54) is 0 Å². The molecule has 0 aliphatic heterocycles. The highest BCUT2D eigenvalue weighted by molar-refractivity contribution is 9.09. The van der Waals surface area contributed by atoms with Crippen molar-refractivity contribution in [3.8, 4) is 22.8 Å². The lowest BCUT2D eigenvalue weighted by Crippen LogP contribution is -2.17. The summed E-state index contributed by atoms with van der Waals surface area (Å²) >= 11 is 3.09. The number of aromatic hydroxyl groups is 1. The van der Waals surface area contributed by atoms with E-state index < -0.39 is 56.3 Å². The Kier molecular flexibility index (Phi) is 6.24. The van der Waals surface area contributed by atoms with Crippen molar-refractivity contribution in [1.29, 1.82) is 0 Å². The van der Waals surface area contributed by atoms with Crippen molar-refractivity contribution in [3.05, 3.63) is 29.8 Å². The third-order valence-electron chi connectivity index (χ3n) is 3.05. The van der Waals surface area contributed by atoms with Crippen molar-refractivity contribution in [3.63, 3.8) is 0 Å². The lowest BCUT2D eigenvalue weighted by molar-refractivity contribution is -0.131. The van der Waals surface area contributed by atoms with Crippen LogP contribution in [0.5, 0.6) is 11.5 Å². The maximum Gasteiger partial charge on any atom is 0.308 e.